The van der Waals surface area contributed by atoms with E-state index >= 15 is 0 Å². The minimum atomic E-state index is -3.51. The quantitative estimate of drug-likeness (QED) is 0.787. The highest BCUT2D eigenvalue weighted by atomic mass is 35.5. The summed E-state index contributed by atoms with van der Waals surface area (Å²) in [7, 11) is -1.97. The number of hydrogen-bond acceptors (Lipinski definition) is 3. The lowest BCUT2D eigenvalue weighted by Crippen LogP contribution is -2.31. The van der Waals surface area contributed by atoms with E-state index in [9.17, 15) is 8.42 Å². The third-order valence-corrected chi connectivity index (χ3v) is 4.69. The van der Waals surface area contributed by atoms with Crippen molar-refractivity contribution in [3.05, 3.63) is 29.3 Å². The Balaban J connectivity index is 2.95. The molecule has 1 rings (SSSR count). The van der Waals surface area contributed by atoms with Crippen molar-refractivity contribution in [2.24, 2.45) is 0 Å². The molecule has 0 heterocycles. The maximum absolute atomic E-state index is 12.1. The van der Waals surface area contributed by atoms with Crippen LogP contribution in [0.3, 0.4) is 0 Å². The molecule has 6 heteroatoms. The van der Waals surface area contributed by atoms with Gasteiger partial charge >= 0.3 is 0 Å². The van der Waals surface area contributed by atoms with E-state index in [1.165, 1.54) is 0 Å². The fourth-order valence-electron chi connectivity index (χ4n) is 1.63. The van der Waals surface area contributed by atoms with Crippen molar-refractivity contribution in [3.63, 3.8) is 0 Å². The molecule has 0 radical (unpaired) electrons. The zero-order valence-corrected chi connectivity index (χ0v) is 13.0. The van der Waals surface area contributed by atoms with Crippen LogP contribution >= 0.6 is 11.6 Å². The lowest BCUT2D eigenvalue weighted by atomic mass is 10.1. The van der Waals surface area contributed by atoms with Crippen LogP contribution in [0.1, 0.15) is 25.0 Å². The van der Waals surface area contributed by atoms with E-state index < -0.39 is 10.0 Å². The molecule has 4 nitrogen and oxygen atoms in total. The van der Waals surface area contributed by atoms with Crippen molar-refractivity contribution in [3.8, 4) is 0 Å². The number of sulfonamides is 1. The highest BCUT2D eigenvalue weighted by molar-refractivity contribution is 7.89. The maximum atomic E-state index is 12.1. The van der Waals surface area contributed by atoms with Gasteiger partial charge in [0.2, 0.25) is 10.0 Å². The van der Waals surface area contributed by atoms with Gasteiger partial charge in [-0.25, -0.2) is 13.1 Å². The first-order valence-electron chi connectivity index (χ1n) is 6.14. The van der Waals surface area contributed by atoms with E-state index in [1.807, 2.05) is 13.0 Å². The first kappa shape index (κ1) is 16.4. The molecule has 1 unspecified atom stereocenters. The van der Waals surface area contributed by atoms with Crippen LogP contribution in [-0.2, 0) is 27.1 Å². The van der Waals surface area contributed by atoms with Crippen LogP contribution in [0.2, 0.25) is 0 Å². The molecule has 1 aromatic carbocycles. The van der Waals surface area contributed by atoms with Crippen molar-refractivity contribution in [2.45, 2.75) is 37.1 Å². The van der Waals surface area contributed by atoms with Crippen molar-refractivity contribution >= 4 is 21.6 Å². The molecular weight excluding hydrogens is 286 g/mol. The number of benzene rings is 1. The summed E-state index contributed by atoms with van der Waals surface area (Å²) in [5.41, 5.74) is 1.92. The van der Waals surface area contributed by atoms with Gasteiger partial charge in [0.25, 0.3) is 0 Å². The van der Waals surface area contributed by atoms with Gasteiger partial charge in [0.15, 0.2) is 0 Å². The van der Waals surface area contributed by atoms with Crippen LogP contribution in [0, 0.1) is 0 Å². The van der Waals surface area contributed by atoms with Gasteiger partial charge in [0.1, 0.15) is 0 Å². The van der Waals surface area contributed by atoms with Gasteiger partial charge in [0.05, 0.1) is 11.0 Å². The SMILES string of the molecule is CCc1ccc(S(=O)(=O)NCC(C)OC)cc1CCl. The van der Waals surface area contributed by atoms with Crippen LogP contribution in [0.15, 0.2) is 23.1 Å². The van der Waals surface area contributed by atoms with Crippen LogP contribution in [-0.4, -0.2) is 28.2 Å². The Morgan fingerprint density at radius 2 is 2.05 bits per heavy atom. The minimum absolute atomic E-state index is 0.169. The molecule has 0 fully saturated rings. The zero-order chi connectivity index (χ0) is 14.5. The molecule has 1 atom stereocenters. The second kappa shape index (κ2) is 7.24. The lowest BCUT2D eigenvalue weighted by molar-refractivity contribution is 0.122. The number of rotatable bonds is 7. The Hall–Kier alpha value is -0.620. The predicted molar refractivity (Wildman–Crippen MR) is 77.0 cm³/mol. The molecule has 0 saturated carbocycles. The van der Waals surface area contributed by atoms with Gasteiger partial charge in [-0.2, -0.15) is 0 Å². The molecule has 0 aliphatic heterocycles. The largest absolute Gasteiger partial charge is 0.380 e. The highest BCUT2D eigenvalue weighted by Gasteiger charge is 2.16. The highest BCUT2D eigenvalue weighted by Crippen LogP contribution is 2.18. The third-order valence-electron chi connectivity index (χ3n) is 2.98. The second-order valence-electron chi connectivity index (χ2n) is 4.32. The van der Waals surface area contributed by atoms with Gasteiger partial charge in [-0.1, -0.05) is 13.0 Å². The van der Waals surface area contributed by atoms with E-state index in [0.29, 0.717) is 5.88 Å². The smallest absolute Gasteiger partial charge is 0.240 e. The number of ether oxygens (including phenoxy) is 1. The summed E-state index contributed by atoms with van der Waals surface area (Å²) in [5, 5.41) is 0. The van der Waals surface area contributed by atoms with E-state index in [1.54, 1.807) is 26.2 Å². The minimum Gasteiger partial charge on any atom is -0.380 e. The summed E-state index contributed by atoms with van der Waals surface area (Å²) >= 11 is 5.85. The Morgan fingerprint density at radius 3 is 2.58 bits per heavy atom. The standard InChI is InChI=1S/C13H20ClNO3S/c1-4-11-5-6-13(7-12(11)8-14)19(16,17)15-9-10(2)18-3/h5-7,10,15H,4,8-9H2,1-3H3. The Morgan fingerprint density at radius 1 is 1.37 bits per heavy atom. The summed E-state index contributed by atoms with van der Waals surface area (Å²) in [6.07, 6.45) is 0.661. The summed E-state index contributed by atoms with van der Waals surface area (Å²) in [6.45, 7) is 4.05. The van der Waals surface area contributed by atoms with Gasteiger partial charge in [-0.15, -0.1) is 11.6 Å². The molecule has 0 aliphatic carbocycles. The number of aryl methyl sites for hydroxylation is 1. The molecule has 0 amide bonds. The van der Waals surface area contributed by atoms with Crippen molar-refractivity contribution < 1.29 is 13.2 Å². The predicted octanol–water partition coefficient (Wildman–Crippen LogP) is 2.30. The van der Waals surface area contributed by atoms with E-state index in [2.05, 4.69) is 4.72 Å². The normalized spacial score (nSPS) is 13.5. The summed E-state index contributed by atoms with van der Waals surface area (Å²) in [6, 6.07) is 5.05. The van der Waals surface area contributed by atoms with Crippen molar-refractivity contribution in [1.29, 1.82) is 0 Å². The van der Waals surface area contributed by atoms with Crippen LogP contribution < -0.4 is 4.72 Å². The lowest BCUT2D eigenvalue weighted by Gasteiger charge is -2.13. The third kappa shape index (κ3) is 4.45. The molecule has 0 aromatic heterocycles. The average Bonchev–Trinajstić information content (AvgIpc) is 2.43. The first-order chi connectivity index (χ1) is 8.94. The molecule has 19 heavy (non-hydrogen) atoms. The zero-order valence-electron chi connectivity index (χ0n) is 11.4. The molecule has 1 N–H and O–H groups in total. The summed E-state index contributed by atoms with van der Waals surface area (Å²) in [4.78, 5) is 0.239. The summed E-state index contributed by atoms with van der Waals surface area (Å²) in [5.74, 6) is 0.307. The van der Waals surface area contributed by atoms with E-state index in [0.717, 1.165) is 17.5 Å². The topological polar surface area (TPSA) is 55.4 Å². The van der Waals surface area contributed by atoms with Gasteiger partial charge in [-0.3, -0.25) is 0 Å². The Bertz CT molecular complexity index is 517. The number of methoxy groups -OCH3 is 1. The maximum Gasteiger partial charge on any atom is 0.240 e. The molecule has 0 bridgehead atoms. The first-order valence-corrected chi connectivity index (χ1v) is 8.16. The number of hydrogen-bond donors (Lipinski definition) is 1. The molecule has 0 saturated heterocycles. The Kier molecular flexibility index (Phi) is 6.26. The molecule has 0 spiro atoms. The average molecular weight is 306 g/mol. The second-order valence-corrected chi connectivity index (χ2v) is 6.35. The molecular formula is C13H20ClNO3S. The van der Waals surface area contributed by atoms with Gasteiger partial charge < -0.3 is 4.74 Å². The number of nitrogens with one attached hydrogen (secondary N) is 1. The van der Waals surface area contributed by atoms with Crippen LogP contribution in [0.25, 0.3) is 0 Å². The van der Waals surface area contributed by atoms with Crippen LogP contribution in [0.5, 0.6) is 0 Å². The fraction of sp³-hybridized carbons (Fsp3) is 0.538. The van der Waals surface area contributed by atoms with Crippen molar-refractivity contribution in [1.82, 2.24) is 4.72 Å². The molecule has 1 aromatic rings. The van der Waals surface area contributed by atoms with E-state index in [4.69, 9.17) is 16.3 Å². The summed E-state index contributed by atoms with van der Waals surface area (Å²) < 4.78 is 31.8. The molecule has 0 aliphatic rings. The number of halogens is 1. The number of alkyl halides is 1. The fourth-order valence-corrected chi connectivity index (χ4v) is 3.05. The monoisotopic (exact) mass is 305 g/mol. The van der Waals surface area contributed by atoms with Gasteiger partial charge in [-0.05, 0) is 36.6 Å². The van der Waals surface area contributed by atoms with Gasteiger partial charge in [0, 0.05) is 19.5 Å². The van der Waals surface area contributed by atoms with Crippen molar-refractivity contribution in [2.75, 3.05) is 13.7 Å². The van der Waals surface area contributed by atoms with E-state index in [-0.39, 0.29) is 17.5 Å². The molecule has 108 valence electrons. The van der Waals surface area contributed by atoms with Crippen LogP contribution in [0.4, 0.5) is 0 Å². The Labute approximate surface area is 120 Å².